The normalized spacial score (nSPS) is 10.8. The van der Waals surface area contributed by atoms with E-state index >= 15 is 0 Å². The molecular weight excluding hydrogens is 358 g/mol. The molecule has 1 aromatic heterocycles. The van der Waals surface area contributed by atoms with Crippen molar-refractivity contribution in [2.75, 3.05) is 0 Å². The van der Waals surface area contributed by atoms with Crippen LogP contribution >= 0.6 is 15.9 Å². The molecule has 0 unspecified atom stereocenters. The van der Waals surface area contributed by atoms with Gasteiger partial charge in [-0.25, -0.2) is 5.43 Å². The summed E-state index contributed by atoms with van der Waals surface area (Å²) in [6, 6.07) is 3.69. The molecule has 0 saturated heterocycles. The molecular formula is C12H9BrN5O4-. The standard InChI is InChI=1S/C12H10BrN5O4/c1-6-2-10(16-15-6)12(20)17-14-5-7-3-8(18(21)22)4-9(13)11(7)19/h2-5,19H,1H3,(H,15,16)(H,17,20)/p-1/b14-5-. The number of nitro groups is 1. The van der Waals surface area contributed by atoms with Crippen LogP contribution in [0.25, 0.3) is 0 Å². The molecule has 1 heterocycles. The van der Waals surface area contributed by atoms with E-state index in [1.807, 2.05) is 0 Å². The second kappa shape index (κ2) is 6.35. The van der Waals surface area contributed by atoms with Crippen LogP contribution in [0.3, 0.4) is 0 Å². The van der Waals surface area contributed by atoms with Gasteiger partial charge in [-0.15, -0.1) is 0 Å². The maximum absolute atomic E-state index is 11.8. The monoisotopic (exact) mass is 366 g/mol. The van der Waals surface area contributed by atoms with Crippen molar-refractivity contribution in [1.29, 1.82) is 0 Å². The number of benzene rings is 1. The van der Waals surface area contributed by atoms with E-state index in [0.717, 1.165) is 18.3 Å². The van der Waals surface area contributed by atoms with Crippen LogP contribution in [0.15, 0.2) is 27.8 Å². The maximum Gasteiger partial charge on any atom is 0.291 e. The smallest absolute Gasteiger partial charge is 0.291 e. The fraction of sp³-hybridized carbons (Fsp3) is 0.0833. The highest BCUT2D eigenvalue weighted by molar-refractivity contribution is 9.10. The zero-order valence-corrected chi connectivity index (χ0v) is 12.7. The van der Waals surface area contributed by atoms with E-state index in [1.54, 1.807) is 6.92 Å². The summed E-state index contributed by atoms with van der Waals surface area (Å²) in [5.74, 6) is -1.04. The summed E-state index contributed by atoms with van der Waals surface area (Å²) in [6.07, 6.45) is 1.04. The molecule has 1 aromatic carbocycles. The molecule has 0 atom stereocenters. The van der Waals surface area contributed by atoms with Crippen LogP contribution in [0.2, 0.25) is 0 Å². The van der Waals surface area contributed by atoms with Gasteiger partial charge in [-0.05, 0) is 18.6 Å². The Hall–Kier alpha value is -2.75. The van der Waals surface area contributed by atoms with Gasteiger partial charge in [0, 0.05) is 22.3 Å². The van der Waals surface area contributed by atoms with Crippen molar-refractivity contribution >= 4 is 33.7 Å². The van der Waals surface area contributed by atoms with Crippen LogP contribution < -0.4 is 10.5 Å². The molecule has 9 nitrogen and oxygen atoms in total. The van der Waals surface area contributed by atoms with Gasteiger partial charge in [-0.1, -0.05) is 21.7 Å². The predicted molar refractivity (Wildman–Crippen MR) is 78.6 cm³/mol. The first-order valence-corrected chi connectivity index (χ1v) is 6.68. The molecule has 0 aliphatic rings. The summed E-state index contributed by atoms with van der Waals surface area (Å²) in [5, 5.41) is 32.5. The number of amides is 1. The van der Waals surface area contributed by atoms with Crippen molar-refractivity contribution in [3.8, 4) is 5.75 Å². The number of aromatic nitrogens is 2. The third kappa shape index (κ3) is 3.47. The first kappa shape index (κ1) is 15.6. The fourth-order valence-corrected chi connectivity index (χ4v) is 2.02. The summed E-state index contributed by atoms with van der Waals surface area (Å²) < 4.78 is 0.0393. The SMILES string of the molecule is Cc1cc(C(=O)N/N=C\c2cc([N+](=O)[O-])cc(Br)c2[O-])n[nH]1. The number of hydrogen-bond acceptors (Lipinski definition) is 6. The summed E-state index contributed by atoms with van der Waals surface area (Å²) >= 11 is 2.95. The predicted octanol–water partition coefficient (Wildman–Crippen LogP) is 1.23. The van der Waals surface area contributed by atoms with Gasteiger partial charge in [0.25, 0.3) is 11.6 Å². The molecule has 0 saturated carbocycles. The number of halogens is 1. The van der Waals surface area contributed by atoms with E-state index in [2.05, 4.69) is 36.7 Å². The zero-order chi connectivity index (χ0) is 16.3. The number of rotatable bonds is 4. The Morgan fingerprint density at radius 1 is 1.50 bits per heavy atom. The lowest BCUT2D eigenvalue weighted by Gasteiger charge is -2.11. The van der Waals surface area contributed by atoms with Gasteiger partial charge < -0.3 is 5.11 Å². The first-order valence-electron chi connectivity index (χ1n) is 5.89. The molecule has 114 valence electrons. The minimum Gasteiger partial charge on any atom is -0.871 e. The molecule has 2 aromatic rings. The van der Waals surface area contributed by atoms with Crippen molar-refractivity contribution in [3.05, 3.63) is 49.7 Å². The average Bonchev–Trinajstić information content (AvgIpc) is 2.89. The number of carbonyl (C=O) groups excluding carboxylic acids is 1. The zero-order valence-electron chi connectivity index (χ0n) is 11.2. The van der Waals surface area contributed by atoms with Gasteiger partial charge in [0.2, 0.25) is 0 Å². The fourth-order valence-electron chi connectivity index (χ4n) is 1.55. The highest BCUT2D eigenvalue weighted by atomic mass is 79.9. The lowest BCUT2D eigenvalue weighted by atomic mass is 10.2. The Kier molecular flexibility index (Phi) is 4.51. The van der Waals surface area contributed by atoms with Gasteiger partial charge in [-0.2, -0.15) is 10.2 Å². The molecule has 0 spiro atoms. The van der Waals surface area contributed by atoms with Gasteiger partial charge in [0.05, 0.1) is 11.1 Å². The van der Waals surface area contributed by atoms with Gasteiger partial charge in [0.1, 0.15) is 0 Å². The molecule has 0 aliphatic carbocycles. The number of carbonyl (C=O) groups is 1. The topological polar surface area (TPSA) is 136 Å². The first-order chi connectivity index (χ1) is 10.4. The minimum atomic E-state index is -0.632. The summed E-state index contributed by atoms with van der Waals surface area (Å²) in [6.45, 7) is 1.73. The number of hydrazone groups is 1. The molecule has 2 rings (SSSR count). The van der Waals surface area contributed by atoms with E-state index in [4.69, 9.17) is 0 Å². The molecule has 1 amide bonds. The summed E-state index contributed by atoms with van der Waals surface area (Å²) in [4.78, 5) is 21.8. The van der Waals surface area contributed by atoms with Crippen LogP contribution in [0, 0.1) is 17.0 Å². The lowest BCUT2D eigenvalue weighted by Crippen LogP contribution is -2.18. The highest BCUT2D eigenvalue weighted by Crippen LogP contribution is 2.29. The Balaban J connectivity index is 2.16. The maximum atomic E-state index is 11.8. The molecule has 0 fully saturated rings. The van der Waals surface area contributed by atoms with Crippen molar-refractivity contribution in [1.82, 2.24) is 15.6 Å². The molecule has 22 heavy (non-hydrogen) atoms. The number of non-ortho nitro benzene ring substituents is 1. The largest absolute Gasteiger partial charge is 0.871 e. The van der Waals surface area contributed by atoms with Crippen LogP contribution in [0.1, 0.15) is 21.7 Å². The van der Waals surface area contributed by atoms with Crippen molar-refractivity contribution < 1.29 is 14.8 Å². The van der Waals surface area contributed by atoms with Gasteiger partial charge >= 0.3 is 0 Å². The van der Waals surface area contributed by atoms with E-state index in [0.29, 0.717) is 5.69 Å². The van der Waals surface area contributed by atoms with Crippen molar-refractivity contribution in [2.24, 2.45) is 5.10 Å². The van der Waals surface area contributed by atoms with Crippen molar-refractivity contribution in [3.63, 3.8) is 0 Å². The average molecular weight is 367 g/mol. The molecule has 0 bridgehead atoms. The van der Waals surface area contributed by atoms with E-state index in [1.165, 1.54) is 6.07 Å². The third-order valence-corrected chi connectivity index (χ3v) is 3.17. The molecule has 0 aliphatic heterocycles. The number of aryl methyl sites for hydroxylation is 1. The minimum absolute atomic E-state index is 0.0282. The number of hydrogen-bond donors (Lipinski definition) is 2. The second-order valence-electron chi connectivity index (χ2n) is 4.24. The Morgan fingerprint density at radius 2 is 2.23 bits per heavy atom. The van der Waals surface area contributed by atoms with Crippen LogP contribution in [0.5, 0.6) is 5.75 Å². The number of aromatic amines is 1. The quantitative estimate of drug-likeness (QED) is 0.476. The molecule has 0 radical (unpaired) electrons. The Labute approximate surface area is 132 Å². The summed E-state index contributed by atoms with van der Waals surface area (Å²) in [7, 11) is 0. The van der Waals surface area contributed by atoms with Crippen LogP contribution in [-0.4, -0.2) is 27.2 Å². The van der Waals surface area contributed by atoms with Crippen LogP contribution in [0.4, 0.5) is 5.69 Å². The Bertz CT molecular complexity index is 771. The van der Waals surface area contributed by atoms with Crippen molar-refractivity contribution in [2.45, 2.75) is 6.92 Å². The third-order valence-electron chi connectivity index (χ3n) is 2.58. The van der Waals surface area contributed by atoms with E-state index in [9.17, 15) is 20.0 Å². The Morgan fingerprint density at radius 3 is 2.82 bits per heavy atom. The number of H-pyrrole nitrogens is 1. The number of nitro benzene ring substituents is 1. The van der Waals surface area contributed by atoms with E-state index in [-0.39, 0.29) is 21.4 Å². The van der Waals surface area contributed by atoms with Gasteiger partial charge in [-0.3, -0.25) is 20.0 Å². The van der Waals surface area contributed by atoms with E-state index < -0.39 is 16.6 Å². The van der Waals surface area contributed by atoms with Crippen LogP contribution in [-0.2, 0) is 0 Å². The summed E-state index contributed by atoms with van der Waals surface area (Å²) in [5.41, 5.74) is 2.73. The molecule has 10 heteroatoms. The highest BCUT2D eigenvalue weighted by Gasteiger charge is 2.10. The number of nitrogens with one attached hydrogen (secondary N) is 2. The van der Waals surface area contributed by atoms with Gasteiger partial charge in [0.15, 0.2) is 5.69 Å². The molecule has 2 N–H and O–H groups in total. The number of nitrogens with zero attached hydrogens (tertiary/aromatic N) is 3. The second-order valence-corrected chi connectivity index (χ2v) is 5.09. The lowest BCUT2D eigenvalue weighted by molar-refractivity contribution is -0.385.